The van der Waals surface area contributed by atoms with Crippen molar-refractivity contribution in [1.82, 2.24) is 20.5 Å². The van der Waals surface area contributed by atoms with E-state index < -0.39 is 50.4 Å². The number of rotatable bonds is 18. The number of ketones is 1. The number of nitrogens with two attached hydrogens (primary N) is 2. The van der Waals surface area contributed by atoms with Gasteiger partial charge in [0.2, 0.25) is 27.7 Å². The number of sulfonamides is 1. The van der Waals surface area contributed by atoms with Crippen molar-refractivity contribution in [1.29, 1.82) is 0 Å². The number of carbonyl (C=O) groups excluding carboxylic acids is 5. The molecule has 8 rings (SSSR count). The summed E-state index contributed by atoms with van der Waals surface area (Å²) in [5.41, 5.74) is 13.9. The smallest absolute Gasteiger partial charge is 0.256 e. The second kappa shape index (κ2) is 23.1. The van der Waals surface area contributed by atoms with Gasteiger partial charge in [0, 0.05) is 44.4 Å². The third kappa shape index (κ3) is 13.1. The molecule has 3 aliphatic heterocycles. The predicted molar refractivity (Wildman–Crippen MR) is 284 cm³/mol. The fourth-order valence-electron chi connectivity index (χ4n) is 10.3. The summed E-state index contributed by atoms with van der Waals surface area (Å²) in [6.45, 7) is 8.01. The van der Waals surface area contributed by atoms with Gasteiger partial charge in [0.15, 0.2) is 5.78 Å². The number of para-hydroxylation sites is 1. The lowest BCUT2D eigenvalue weighted by Gasteiger charge is -2.40. The number of hydrogen-bond donors (Lipinski definition) is 4. The van der Waals surface area contributed by atoms with E-state index in [-0.39, 0.29) is 48.7 Å². The summed E-state index contributed by atoms with van der Waals surface area (Å²) >= 11 is 0. The Morgan fingerprint density at radius 1 is 0.730 bits per heavy atom. The van der Waals surface area contributed by atoms with E-state index in [1.54, 1.807) is 39.6 Å². The zero-order valence-corrected chi connectivity index (χ0v) is 44.2. The van der Waals surface area contributed by atoms with E-state index in [2.05, 4.69) is 15.7 Å². The van der Waals surface area contributed by atoms with Crippen LogP contribution in [-0.2, 0) is 68.5 Å². The summed E-state index contributed by atoms with van der Waals surface area (Å²) in [6.07, 6.45) is 4.77. The molecule has 0 bridgehead atoms. The van der Waals surface area contributed by atoms with Gasteiger partial charge in [-0.25, -0.2) is 13.4 Å². The van der Waals surface area contributed by atoms with Gasteiger partial charge < -0.3 is 36.5 Å². The second-order valence-corrected chi connectivity index (χ2v) is 23.3. The molecule has 4 aromatic carbocycles. The monoisotopic (exact) mass is 1030 g/mol. The minimum Gasteiger partial charge on any atom is -0.374 e. The Morgan fingerprint density at radius 2 is 1.22 bits per heavy atom. The number of Topliss-reactive ketones (excluding diaryl/α,β-unsaturated/α-hetero) is 1. The largest absolute Gasteiger partial charge is 0.374 e. The number of amides is 4. The van der Waals surface area contributed by atoms with Crippen LogP contribution in [0.5, 0.6) is 0 Å². The average Bonchev–Trinajstić information content (AvgIpc) is 3.82. The molecule has 4 aromatic rings. The first-order chi connectivity index (χ1) is 35.0. The first-order valence-corrected chi connectivity index (χ1v) is 27.1. The van der Waals surface area contributed by atoms with Gasteiger partial charge in [-0.2, -0.15) is 5.10 Å². The van der Waals surface area contributed by atoms with E-state index >= 15 is 0 Å². The lowest BCUT2D eigenvalue weighted by atomic mass is 9.66. The standard InChI is InChI=1S/C28H35N5O4.C28H37N3O5S/c1-27(2,29)25(35)30-22(18-37-17-21-12-8-5-9-13-21)24(34)33-15-14-23-28(19-33,26(36)32(3)31-23)16-20-10-6-4-7-11-20;1-27(2,29)26(33)30-23(18-36-17-20-9-5-4-6-10-20)25(32)21-13-15-28(16-14-21)19-31(37(3,34)35)24-12-8-7-11-22(24)28/h4-13,22H,14-19,29H2,1-3H3,(H,30,35);4-12,21,23H,13-19,29H2,1-3H3,(H,30,33)/t22-,28-;21?,23-,28?/m11/s1. The molecule has 3 heterocycles. The normalized spacial score (nSPS) is 21.4. The minimum absolute atomic E-state index is 0.0213. The molecule has 0 radical (unpaired) electrons. The molecule has 74 heavy (non-hydrogen) atoms. The lowest BCUT2D eigenvalue weighted by molar-refractivity contribution is -0.143. The van der Waals surface area contributed by atoms with Gasteiger partial charge in [0.25, 0.3) is 5.91 Å². The summed E-state index contributed by atoms with van der Waals surface area (Å²) in [5.74, 6) is -1.62. The van der Waals surface area contributed by atoms with Crippen molar-refractivity contribution in [3.05, 3.63) is 138 Å². The van der Waals surface area contributed by atoms with E-state index in [9.17, 15) is 32.4 Å². The van der Waals surface area contributed by atoms with Crippen LogP contribution in [-0.4, -0.2) is 123 Å². The number of benzene rings is 4. The molecule has 1 saturated carbocycles. The van der Waals surface area contributed by atoms with Gasteiger partial charge in [-0.3, -0.25) is 28.3 Å². The zero-order valence-electron chi connectivity index (χ0n) is 43.4. The maximum atomic E-state index is 13.8. The van der Waals surface area contributed by atoms with Crippen LogP contribution in [0.25, 0.3) is 0 Å². The molecule has 0 unspecified atom stereocenters. The Morgan fingerprint density at radius 3 is 1.74 bits per heavy atom. The molecule has 0 aromatic heterocycles. The van der Waals surface area contributed by atoms with E-state index in [1.165, 1.54) is 15.6 Å². The summed E-state index contributed by atoms with van der Waals surface area (Å²) < 4.78 is 38.2. The quantitative estimate of drug-likeness (QED) is 0.107. The Labute approximate surface area is 435 Å². The minimum atomic E-state index is -3.40. The summed E-state index contributed by atoms with van der Waals surface area (Å²) in [6, 6.07) is 34.9. The molecule has 396 valence electrons. The highest BCUT2D eigenvalue weighted by molar-refractivity contribution is 7.92. The van der Waals surface area contributed by atoms with Crippen molar-refractivity contribution in [2.75, 3.05) is 50.5 Å². The highest BCUT2D eigenvalue weighted by atomic mass is 32.2. The summed E-state index contributed by atoms with van der Waals surface area (Å²) in [7, 11) is -1.76. The molecule has 6 N–H and O–H groups in total. The molecular formula is C56H72N8O9S. The van der Waals surface area contributed by atoms with E-state index in [0.717, 1.165) is 33.7 Å². The molecular weight excluding hydrogens is 961 g/mol. The molecule has 1 spiro atoms. The van der Waals surface area contributed by atoms with Crippen molar-refractivity contribution in [3.8, 4) is 0 Å². The van der Waals surface area contributed by atoms with Crippen LogP contribution in [0.1, 0.15) is 82.1 Å². The number of likely N-dealkylation sites (tertiary alicyclic amines) is 1. The van der Waals surface area contributed by atoms with Crippen LogP contribution in [0.15, 0.2) is 120 Å². The van der Waals surface area contributed by atoms with E-state index in [0.29, 0.717) is 64.8 Å². The number of hydrogen-bond acceptors (Lipinski definition) is 12. The van der Waals surface area contributed by atoms with E-state index in [4.69, 9.17) is 20.9 Å². The van der Waals surface area contributed by atoms with Gasteiger partial charge in [0.1, 0.15) is 17.5 Å². The van der Waals surface area contributed by atoms with Crippen LogP contribution >= 0.6 is 0 Å². The highest BCUT2D eigenvalue weighted by Gasteiger charge is 2.54. The van der Waals surface area contributed by atoms with Gasteiger partial charge >= 0.3 is 0 Å². The topological polar surface area (TPSA) is 236 Å². The van der Waals surface area contributed by atoms with Crippen molar-refractivity contribution in [2.24, 2.45) is 27.9 Å². The summed E-state index contributed by atoms with van der Waals surface area (Å²) in [4.78, 5) is 67.9. The van der Waals surface area contributed by atoms with Crippen LogP contribution < -0.4 is 26.4 Å². The highest BCUT2D eigenvalue weighted by Crippen LogP contribution is 2.51. The van der Waals surface area contributed by atoms with Gasteiger partial charge in [-0.15, -0.1) is 0 Å². The molecule has 1 aliphatic carbocycles. The Hall–Kier alpha value is -6.31. The Bertz CT molecular complexity index is 2780. The van der Waals surface area contributed by atoms with Gasteiger partial charge in [-0.1, -0.05) is 109 Å². The molecule has 4 aliphatic rings. The maximum Gasteiger partial charge on any atom is 0.256 e. The fraction of sp³-hybridized carbons (Fsp3) is 0.464. The number of nitrogens with zero attached hydrogens (tertiary/aromatic N) is 4. The number of hydrazone groups is 1. The third-order valence-electron chi connectivity index (χ3n) is 14.4. The number of anilines is 1. The number of piperidine rings is 1. The first kappa shape index (κ1) is 55.4. The Kier molecular flexibility index (Phi) is 17.3. The van der Waals surface area contributed by atoms with Crippen LogP contribution in [0, 0.1) is 11.3 Å². The predicted octanol–water partition coefficient (Wildman–Crippen LogP) is 4.62. The number of carbonyl (C=O) groups is 5. The van der Waals surface area contributed by atoms with Crippen molar-refractivity contribution < 1.29 is 41.9 Å². The fourth-order valence-corrected chi connectivity index (χ4v) is 11.3. The zero-order chi connectivity index (χ0) is 53.5. The Balaban J connectivity index is 0.000000216. The van der Waals surface area contributed by atoms with Crippen molar-refractivity contribution in [3.63, 3.8) is 0 Å². The van der Waals surface area contributed by atoms with Crippen LogP contribution in [0.3, 0.4) is 0 Å². The molecule has 1 saturated heterocycles. The van der Waals surface area contributed by atoms with Crippen molar-refractivity contribution >= 4 is 50.8 Å². The number of ether oxygens (including phenoxy) is 2. The molecule has 18 heteroatoms. The van der Waals surface area contributed by atoms with Crippen molar-refractivity contribution in [2.45, 2.75) is 108 Å². The van der Waals surface area contributed by atoms with Gasteiger partial charge in [-0.05, 0) is 88.1 Å². The lowest BCUT2D eigenvalue weighted by Crippen LogP contribution is -2.61. The SMILES string of the molecule is CC(C)(N)C(=O)N[C@H](COCc1ccccc1)C(=O)C1CCC2(CC1)CN(S(C)(=O)=O)c1ccccc12.CN1N=C2CCN(C(=O)[C@@H](COCc3ccccc3)NC(=O)C(C)(C)N)C[C@@]2(Cc2ccccc2)C1=O. The summed E-state index contributed by atoms with van der Waals surface area (Å²) in [5, 5.41) is 11.5. The maximum absolute atomic E-state index is 13.8. The van der Waals surface area contributed by atoms with Crippen LogP contribution in [0.2, 0.25) is 0 Å². The average molecular weight is 1030 g/mol. The van der Waals surface area contributed by atoms with Crippen LogP contribution in [0.4, 0.5) is 5.69 Å². The van der Waals surface area contributed by atoms with E-state index in [1.807, 2.05) is 115 Å². The molecule has 4 amide bonds. The number of nitrogens with one attached hydrogen (secondary N) is 2. The molecule has 17 nitrogen and oxygen atoms in total. The van der Waals surface area contributed by atoms with Gasteiger partial charge in [0.05, 0.1) is 55.2 Å². The second-order valence-electron chi connectivity index (χ2n) is 21.4. The first-order valence-electron chi connectivity index (χ1n) is 25.2. The molecule has 2 fully saturated rings. The third-order valence-corrected chi connectivity index (χ3v) is 15.5. The number of fused-ring (bicyclic) bond motifs is 3. The molecule has 3 atom stereocenters.